The highest BCUT2D eigenvalue weighted by atomic mass is 35.5. The van der Waals surface area contributed by atoms with Crippen molar-refractivity contribution in [1.29, 1.82) is 0 Å². The van der Waals surface area contributed by atoms with Gasteiger partial charge in [0.15, 0.2) is 0 Å². The van der Waals surface area contributed by atoms with Crippen LogP contribution in [0.3, 0.4) is 0 Å². The zero-order valence-corrected chi connectivity index (χ0v) is 13.0. The maximum Gasteiger partial charge on any atom is 0.291 e. The number of nitrogens with zero attached hydrogens (tertiary/aromatic N) is 2. The molecule has 1 aromatic heterocycles. The largest absolute Gasteiger partial charge is 0.377 e. The predicted octanol–water partition coefficient (Wildman–Crippen LogP) is 2.53. The Bertz CT molecular complexity index is 524. The van der Waals surface area contributed by atoms with Crippen molar-refractivity contribution in [3.05, 3.63) is 21.6 Å². The number of nitrogens with one attached hydrogen (secondary N) is 1. The molecule has 1 saturated carbocycles. The number of ether oxygens (including phenoxy) is 1. The molecule has 0 unspecified atom stereocenters. The molecule has 0 spiro atoms. The molecule has 112 valence electrons. The fraction of sp³-hybridized carbons (Fsp3) is 0.714. The second-order valence-corrected chi connectivity index (χ2v) is 6.38. The maximum atomic E-state index is 12.4. The van der Waals surface area contributed by atoms with Gasteiger partial charge >= 0.3 is 0 Å². The molecule has 0 aliphatic heterocycles. The molecular formula is C14H22ClN3O2. The SMILES string of the molecule is COC(C)(C)CNc1c(Cl)cnn(CC2CCC2)c1=O. The van der Waals surface area contributed by atoms with Crippen molar-refractivity contribution < 1.29 is 4.74 Å². The lowest BCUT2D eigenvalue weighted by Crippen LogP contribution is -2.36. The molecule has 0 amide bonds. The van der Waals surface area contributed by atoms with Crippen LogP contribution in [0.15, 0.2) is 11.0 Å². The van der Waals surface area contributed by atoms with Gasteiger partial charge in [-0.25, -0.2) is 4.68 Å². The van der Waals surface area contributed by atoms with Gasteiger partial charge in [-0.3, -0.25) is 4.79 Å². The first-order chi connectivity index (χ1) is 9.43. The molecule has 0 aromatic carbocycles. The van der Waals surface area contributed by atoms with Gasteiger partial charge in [0.1, 0.15) is 5.69 Å². The minimum absolute atomic E-state index is 0.156. The molecule has 0 atom stereocenters. The smallest absolute Gasteiger partial charge is 0.291 e. The van der Waals surface area contributed by atoms with Crippen molar-refractivity contribution in [2.45, 2.75) is 45.3 Å². The second-order valence-electron chi connectivity index (χ2n) is 5.97. The monoisotopic (exact) mass is 299 g/mol. The normalized spacial score (nSPS) is 16.0. The lowest BCUT2D eigenvalue weighted by atomic mass is 9.85. The summed E-state index contributed by atoms with van der Waals surface area (Å²) in [6.45, 7) is 5.08. The molecule has 0 radical (unpaired) electrons. The lowest BCUT2D eigenvalue weighted by Gasteiger charge is -2.26. The topological polar surface area (TPSA) is 56.1 Å². The molecule has 0 bridgehead atoms. The van der Waals surface area contributed by atoms with E-state index in [-0.39, 0.29) is 11.2 Å². The summed E-state index contributed by atoms with van der Waals surface area (Å²) in [5, 5.41) is 7.57. The zero-order chi connectivity index (χ0) is 14.8. The van der Waals surface area contributed by atoms with E-state index < -0.39 is 0 Å². The van der Waals surface area contributed by atoms with Crippen molar-refractivity contribution in [1.82, 2.24) is 9.78 Å². The zero-order valence-electron chi connectivity index (χ0n) is 12.3. The quantitative estimate of drug-likeness (QED) is 0.877. The van der Waals surface area contributed by atoms with E-state index in [0.29, 0.717) is 29.7 Å². The molecule has 1 aliphatic rings. The highest BCUT2D eigenvalue weighted by Crippen LogP contribution is 2.27. The van der Waals surface area contributed by atoms with Crippen LogP contribution in [0, 0.1) is 5.92 Å². The van der Waals surface area contributed by atoms with E-state index in [1.165, 1.54) is 30.1 Å². The summed E-state index contributed by atoms with van der Waals surface area (Å²) in [6, 6.07) is 0. The number of rotatable bonds is 6. The van der Waals surface area contributed by atoms with E-state index in [9.17, 15) is 4.79 Å². The van der Waals surface area contributed by atoms with Gasteiger partial charge in [0.2, 0.25) is 0 Å². The number of halogens is 1. The van der Waals surface area contributed by atoms with E-state index in [1.54, 1.807) is 7.11 Å². The first-order valence-corrected chi connectivity index (χ1v) is 7.35. The Morgan fingerprint density at radius 2 is 2.25 bits per heavy atom. The van der Waals surface area contributed by atoms with Crippen LogP contribution < -0.4 is 10.9 Å². The van der Waals surface area contributed by atoms with Crippen molar-refractivity contribution in [2.75, 3.05) is 19.0 Å². The summed E-state index contributed by atoms with van der Waals surface area (Å²) in [5.74, 6) is 0.574. The molecule has 2 rings (SSSR count). The fourth-order valence-corrected chi connectivity index (χ4v) is 2.24. The van der Waals surface area contributed by atoms with E-state index in [2.05, 4.69) is 10.4 Å². The fourth-order valence-electron chi connectivity index (χ4n) is 2.05. The summed E-state index contributed by atoms with van der Waals surface area (Å²) in [7, 11) is 1.64. The van der Waals surface area contributed by atoms with Crippen LogP contribution in [-0.4, -0.2) is 29.0 Å². The maximum absolute atomic E-state index is 12.4. The summed E-state index contributed by atoms with van der Waals surface area (Å²) < 4.78 is 6.84. The number of methoxy groups -OCH3 is 1. The Balaban J connectivity index is 2.14. The number of hydrogen-bond acceptors (Lipinski definition) is 4. The number of hydrogen-bond donors (Lipinski definition) is 1. The van der Waals surface area contributed by atoms with Crippen LogP contribution in [-0.2, 0) is 11.3 Å². The van der Waals surface area contributed by atoms with Gasteiger partial charge in [0, 0.05) is 20.2 Å². The van der Waals surface area contributed by atoms with Gasteiger partial charge in [0.05, 0.1) is 16.8 Å². The predicted molar refractivity (Wildman–Crippen MR) is 80.4 cm³/mol. The molecule has 1 heterocycles. The van der Waals surface area contributed by atoms with Crippen molar-refractivity contribution in [2.24, 2.45) is 5.92 Å². The van der Waals surface area contributed by atoms with Gasteiger partial charge in [-0.2, -0.15) is 5.10 Å². The van der Waals surface area contributed by atoms with E-state index >= 15 is 0 Å². The van der Waals surface area contributed by atoms with Crippen LogP contribution >= 0.6 is 11.6 Å². The first kappa shape index (κ1) is 15.3. The molecule has 6 heteroatoms. The van der Waals surface area contributed by atoms with Gasteiger partial charge in [-0.05, 0) is 32.6 Å². The van der Waals surface area contributed by atoms with Gasteiger partial charge in [-0.15, -0.1) is 0 Å². The number of anilines is 1. The summed E-state index contributed by atoms with van der Waals surface area (Å²) in [5.41, 5.74) is -0.111. The highest BCUT2D eigenvalue weighted by molar-refractivity contribution is 6.32. The third-order valence-electron chi connectivity index (χ3n) is 3.90. The first-order valence-electron chi connectivity index (χ1n) is 6.97. The van der Waals surface area contributed by atoms with Crippen LogP contribution in [0.25, 0.3) is 0 Å². The Morgan fingerprint density at radius 3 is 2.80 bits per heavy atom. The summed E-state index contributed by atoms with van der Waals surface area (Å²) in [4.78, 5) is 12.4. The standard InChI is InChI=1S/C14H22ClN3O2/c1-14(2,20-3)9-16-12-11(15)7-17-18(13(12)19)8-10-5-4-6-10/h7,10,16H,4-6,8-9H2,1-3H3. The lowest BCUT2D eigenvalue weighted by molar-refractivity contribution is 0.0343. The summed E-state index contributed by atoms with van der Waals surface area (Å²) in [6.07, 6.45) is 5.14. The van der Waals surface area contributed by atoms with Crippen LogP contribution in [0.1, 0.15) is 33.1 Å². The van der Waals surface area contributed by atoms with Crippen molar-refractivity contribution >= 4 is 17.3 Å². The van der Waals surface area contributed by atoms with E-state index in [0.717, 1.165) is 0 Å². The second kappa shape index (κ2) is 6.14. The average Bonchev–Trinajstić information content (AvgIpc) is 2.35. The van der Waals surface area contributed by atoms with Gasteiger partial charge < -0.3 is 10.1 Å². The molecule has 1 aromatic rings. The van der Waals surface area contributed by atoms with Crippen molar-refractivity contribution in [3.63, 3.8) is 0 Å². The van der Waals surface area contributed by atoms with E-state index in [1.807, 2.05) is 13.8 Å². The van der Waals surface area contributed by atoms with Gasteiger partial charge in [0.25, 0.3) is 5.56 Å². The molecule has 0 saturated heterocycles. The third-order valence-corrected chi connectivity index (χ3v) is 4.18. The van der Waals surface area contributed by atoms with Crippen LogP contribution in [0.4, 0.5) is 5.69 Å². The minimum Gasteiger partial charge on any atom is -0.377 e. The molecule has 5 nitrogen and oxygen atoms in total. The Morgan fingerprint density at radius 1 is 1.55 bits per heavy atom. The average molecular weight is 300 g/mol. The van der Waals surface area contributed by atoms with Gasteiger partial charge in [-0.1, -0.05) is 18.0 Å². The molecular weight excluding hydrogens is 278 g/mol. The number of aromatic nitrogens is 2. The van der Waals surface area contributed by atoms with Crippen LogP contribution in [0.2, 0.25) is 5.02 Å². The molecule has 1 N–H and O–H groups in total. The Labute approximate surface area is 124 Å². The minimum atomic E-state index is -0.363. The van der Waals surface area contributed by atoms with Crippen LogP contribution in [0.5, 0.6) is 0 Å². The molecule has 1 aliphatic carbocycles. The third kappa shape index (κ3) is 3.52. The van der Waals surface area contributed by atoms with Crippen molar-refractivity contribution in [3.8, 4) is 0 Å². The highest BCUT2D eigenvalue weighted by Gasteiger charge is 2.21. The van der Waals surface area contributed by atoms with E-state index in [4.69, 9.17) is 16.3 Å². The molecule has 20 heavy (non-hydrogen) atoms. The Kier molecular flexibility index (Phi) is 4.70. The summed E-state index contributed by atoms with van der Waals surface area (Å²) >= 11 is 6.08. The Hall–Kier alpha value is -1.07. The molecule has 1 fully saturated rings.